The topological polar surface area (TPSA) is 139 Å². The van der Waals surface area contributed by atoms with Crippen molar-refractivity contribution in [3.05, 3.63) is 64.6 Å². The number of amides is 1. The highest BCUT2D eigenvalue weighted by Crippen LogP contribution is 2.41. The predicted octanol–water partition coefficient (Wildman–Crippen LogP) is 6.10. The lowest BCUT2D eigenvalue weighted by molar-refractivity contribution is -0.143. The maximum atomic E-state index is 13.7. The summed E-state index contributed by atoms with van der Waals surface area (Å²) in [7, 11) is 1.41. The first-order valence-corrected chi connectivity index (χ1v) is 15.6. The second kappa shape index (κ2) is 14.9. The zero-order chi connectivity index (χ0) is 36.2. The molecule has 270 valence electrons. The third-order valence-electron chi connectivity index (χ3n) is 8.28. The number of methoxy groups -OCH3 is 1. The number of nitrogens with zero attached hydrogens (tertiary/aromatic N) is 5. The number of nitrogens with one attached hydrogen (secondary N) is 1. The standard InChI is InChI=1S/C32H34F6N6O6/c1-3-21-16-23(28-24(4-5-26(42-28)48-2)44(21)30(47)50-9-6-27(45)46)41-29-39-17-25(43-7-10-49-11-8-43)22(40-29)14-18-12-19(31(33,34)35)15-20(13-18)32(36,37)38/h4-5,12-13,15,17,21,23H,3,6-11,14,16H2,1-2H3,(H,45,46)(H,39,40,41)/t21-,23+/m1/s1. The summed E-state index contributed by atoms with van der Waals surface area (Å²) < 4.78 is 98.0. The summed E-state index contributed by atoms with van der Waals surface area (Å²) in [4.78, 5) is 41.0. The van der Waals surface area contributed by atoms with E-state index in [1.54, 1.807) is 12.1 Å². The van der Waals surface area contributed by atoms with Crippen LogP contribution in [0.15, 0.2) is 36.5 Å². The molecule has 5 rings (SSSR count). The van der Waals surface area contributed by atoms with E-state index in [0.717, 1.165) is 0 Å². The highest BCUT2D eigenvalue weighted by molar-refractivity contribution is 5.90. The van der Waals surface area contributed by atoms with E-state index in [9.17, 15) is 35.9 Å². The Morgan fingerprint density at radius 3 is 2.30 bits per heavy atom. The Morgan fingerprint density at radius 2 is 1.70 bits per heavy atom. The van der Waals surface area contributed by atoms with Gasteiger partial charge in [-0.1, -0.05) is 6.92 Å². The van der Waals surface area contributed by atoms with Gasteiger partial charge in [-0.15, -0.1) is 0 Å². The molecule has 2 N–H and O–H groups in total. The van der Waals surface area contributed by atoms with Crippen LogP contribution in [0.2, 0.25) is 0 Å². The van der Waals surface area contributed by atoms with Gasteiger partial charge in [-0.25, -0.2) is 19.7 Å². The largest absolute Gasteiger partial charge is 0.481 e. The Labute approximate surface area is 282 Å². The summed E-state index contributed by atoms with van der Waals surface area (Å²) in [6.45, 7) is 3.00. The molecule has 1 aromatic carbocycles. The van der Waals surface area contributed by atoms with E-state index in [1.165, 1.54) is 18.2 Å². The molecule has 2 aliphatic heterocycles. The van der Waals surface area contributed by atoms with E-state index in [1.807, 2.05) is 11.8 Å². The highest BCUT2D eigenvalue weighted by Gasteiger charge is 2.39. The van der Waals surface area contributed by atoms with Gasteiger partial charge in [0.1, 0.15) is 6.61 Å². The number of ether oxygens (including phenoxy) is 3. The van der Waals surface area contributed by atoms with Gasteiger partial charge in [-0.05, 0) is 42.7 Å². The fraction of sp³-hybridized carbons (Fsp3) is 0.469. The van der Waals surface area contributed by atoms with Gasteiger partial charge in [0.2, 0.25) is 11.8 Å². The smallest absolute Gasteiger partial charge is 0.416 e. The van der Waals surface area contributed by atoms with Crippen LogP contribution in [0.1, 0.15) is 60.3 Å². The first-order chi connectivity index (χ1) is 23.7. The minimum Gasteiger partial charge on any atom is -0.481 e. The lowest BCUT2D eigenvalue weighted by atomic mass is 9.93. The number of halogens is 6. The quantitative estimate of drug-likeness (QED) is 0.236. The van der Waals surface area contributed by atoms with Gasteiger partial charge in [-0.3, -0.25) is 9.69 Å². The second-order valence-electron chi connectivity index (χ2n) is 11.6. The number of morpholine rings is 1. The number of benzene rings is 1. The molecule has 1 amide bonds. The highest BCUT2D eigenvalue weighted by atomic mass is 19.4. The molecule has 0 radical (unpaired) electrons. The van der Waals surface area contributed by atoms with Crippen LogP contribution in [0.25, 0.3) is 0 Å². The van der Waals surface area contributed by atoms with Gasteiger partial charge in [0.15, 0.2) is 0 Å². The molecule has 0 aliphatic carbocycles. The van der Waals surface area contributed by atoms with Crippen molar-refractivity contribution in [2.24, 2.45) is 0 Å². The van der Waals surface area contributed by atoms with Crippen LogP contribution in [-0.4, -0.2) is 78.2 Å². The lowest BCUT2D eigenvalue weighted by Gasteiger charge is -2.39. The third-order valence-corrected chi connectivity index (χ3v) is 8.28. The first-order valence-electron chi connectivity index (χ1n) is 15.6. The van der Waals surface area contributed by atoms with Crippen LogP contribution in [0.3, 0.4) is 0 Å². The molecule has 1 saturated heterocycles. The van der Waals surface area contributed by atoms with Gasteiger partial charge >= 0.3 is 24.4 Å². The van der Waals surface area contributed by atoms with E-state index in [4.69, 9.17) is 19.3 Å². The number of carboxylic acid groups (broad SMARTS) is 1. The van der Waals surface area contributed by atoms with Crippen molar-refractivity contribution in [1.82, 2.24) is 15.0 Å². The van der Waals surface area contributed by atoms with Crippen molar-refractivity contribution in [2.45, 2.75) is 57.0 Å². The molecule has 18 heteroatoms. The fourth-order valence-corrected chi connectivity index (χ4v) is 5.88. The summed E-state index contributed by atoms with van der Waals surface area (Å²) in [5.41, 5.74) is -1.80. The summed E-state index contributed by atoms with van der Waals surface area (Å²) in [5, 5.41) is 12.2. The number of carbonyl (C=O) groups is 2. The average molecular weight is 713 g/mol. The zero-order valence-electron chi connectivity index (χ0n) is 27.0. The summed E-state index contributed by atoms with van der Waals surface area (Å²) >= 11 is 0. The molecule has 0 spiro atoms. The maximum Gasteiger partial charge on any atom is 0.416 e. The zero-order valence-corrected chi connectivity index (χ0v) is 27.0. The average Bonchev–Trinajstić information content (AvgIpc) is 3.07. The number of pyridine rings is 1. The van der Waals surface area contributed by atoms with Crippen LogP contribution >= 0.6 is 0 Å². The van der Waals surface area contributed by atoms with Crippen molar-refractivity contribution >= 4 is 29.4 Å². The Morgan fingerprint density at radius 1 is 1.02 bits per heavy atom. The van der Waals surface area contributed by atoms with Crippen LogP contribution in [-0.2, 0) is 33.0 Å². The number of hydrogen-bond acceptors (Lipinski definition) is 10. The number of carbonyl (C=O) groups excluding carboxylic acids is 1. The van der Waals surface area contributed by atoms with E-state index in [-0.39, 0.29) is 55.0 Å². The molecule has 0 saturated carbocycles. The van der Waals surface area contributed by atoms with E-state index in [0.29, 0.717) is 61.9 Å². The number of anilines is 3. The number of rotatable bonds is 10. The molecule has 2 aliphatic rings. The molecule has 0 bridgehead atoms. The van der Waals surface area contributed by atoms with Crippen molar-refractivity contribution < 1.29 is 55.2 Å². The third kappa shape index (κ3) is 8.46. The summed E-state index contributed by atoms with van der Waals surface area (Å²) in [6.07, 6.45) is -9.39. The van der Waals surface area contributed by atoms with Crippen molar-refractivity contribution in [3.63, 3.8) is 0 Å². The fourth-order valence-electron chi connectivity index (χ4n) is 5.88. The SMILES string of the molecule is CC[C@@H]1C[C@H](Nc2ncc(N3CCOCC3)c(Cc3cc(C(F)(F)F)cc(C(F)(F)F)c3)n2)c2nc(OC)ccc2N1C(=O)OCCC(=O)O. The van der Waals surface area contributed by atoms with Crippen molar-refractivity contribution in [3.8, 4) is 5.88 Å². The monoisotopic (exact) mass is 712 g/mol. The van der Waals surface area contributed by atoms with E-state index in [2.05, 4.69) is 20.3 Å². The van der Waals surface area contributed by atoms with Gasteiger partial charge in [0.25, 0.3) is 0 Å². The Kier molecular flexibility index (Phi) is 10.9. The van der Waals surface area contributed by atoms with Crippen LogP contribution in [0.5, 0.6) is 5.88 Å². The summed E-state index contributed by atoms with van der Waals surface area (Å²) in [6, 6.07) is 3.49. The van der Waals surface area contributed by atoms with Gasteiger partial charge in [0.05, 0.1) is 72.9 Å². The first kappa shape index (κ1) is 36.4. The van der Waals surface area contributed by atoms with Crippen LogP contribution in [0.4, 0.5) is 48.5 Å². The molecular formula is C32H34F6N6O6. The predicted molar refractivity (Wildman–Crippen MR) is 166 cm³/mol. The van der Waals surface area contributed by atoms with Gasteiger partial charge < -0.3 is 29.5 Å². The molecule has 50 heavy (non-hydrogen) atoms. The molecule has 0 unspecified atom stereocenters. The normalized spacial score (nSPS) is 18.0. The molecule has 1 fully saturated rings. The van der Waals surface area contributed by atoms with Gasteiger partial charge in [-0.2, -0.15) is 26.3 Å². The minimum atomic E-state index is -5.02. The number of aromatic nitrogens is 3. The molecule has 2 atom stereocenters. The minimum absolute atomic E-state index is 0.0212. The van der Waals surface area contributed by atoms with Crippen LogP contribution < -0.4 is 19.9 Å². The molecular weight excluding hydrogens is 678 g/mol. The molecule has 12 nitrogen and oxygen atoms in total. The van der Waals surface area contributed by atoms with E-state index < -0.39 is 47.6 Å². The van der Waals surface area contributed by atoms with E-state index >= 15 is 0 Å². The lowest BCUT2D eigenvalue weighted by Crippen LogP contribution is -2.46. The molecule has 2 aromatic heterocycles. The number of hydrogen-bond donors (Lipinski definition) is 2. The Balaban J connectivity index is 1.52. The maximum absolute atomic E-state index is 13.7. The summed E-state index contributed by atoms with van der Waals surface area (Å²) in [5.74, 6) is -0.890. The second-order valence-corrected chi connectivity index (χ2v) is 11.6. The van der Waals surface area contributed by atoms with Crippen molar-refractivity contribution in [2.75, 3.05) is 55.1 Å². The number of fused-ring (bicyclic) bond motifs is 1. The molecule has 4 heterocycles. The number of carboxylic acids is 1. The van der Waals surface area contributed by atoms with Crippen molar-refractivity contribution in [1.29, 1.82) is 0 Å². The Hall–Kier alpha value is -4.87. The van der Waals surface area contributed by atoms with Gasteiger partial charge in [0, 0.05) is 31.6 Å². The molecule has 3 aromatic rings. The number of alkyl halides is 6. The Bertz CT molecular complexity index is 1670. The van der Waals surface area contributed by atoms with Crippen LogP contribution in [0, 0.1) is 0 Å². The number of aliphatic carboxylic acids is 1.